The van der Waals surface area contributed by atoms with Crippen molar-refractivity contribution in [3.05, 3.63) is 47.5 Å². The van der Waals surface area contributed by atoms with E-state index in [0.717, 1.165) is 5.56 Å². The first-order chi connectivity index (χ1) is 11.5. The van der Waals surface area contributed by atoms with Gasteiger partial charge in [0.05, 0.1) is 19.3 Å². The molecule has 0 spiro atoms. The first-order valence-corrected chi connectivity index (χ1v) is 7.57. The smallest absolute Gasteiger partial charge is 0.337 e. The first kappa shape index (κ1) is 19.9. The Morgan fingerprint density at radius 3 is 2.12 bits per heavy atom. The van der Waals surface area contributed by atoms with Crippen LogP contribution in [-0.2, 0) is 30.2 Å². The lowest BCUT2D eigenvalue weighted by Crippen LogP contribution is -2.31. The van der Waals surface area contributed by atoms with E-state index >= 15 is 0 Å². The summed E-state index contributed by atoms with van der Waals surface area (Å²) in [5, 5.41) is 0. The Morgan fingerprint density at radius 1 is 1.08 bits per heavy atom. The molecule has 6 nitrogen and oxygen atoms in total. The fourth-order valence-electron chi connectivity index (χ4n) is 2.33. The summed E-state index contributed by atoms with van der Waals surface area (Å²) < 4.78 is 20.3. The van der Waals surface area contributed by atoms with Gasteiger partial charge in [-0.2, -0.15) is 0 Å². The molecule has 1 aromatic carbocycles. The molecule has 0 bridgehead atoms. The minimum atomic E-state index is -0.637. The van der Waals surface area contributed by atoms with E-state index in [0.29, 0.717) is 12.0 Å². The molecule has 0 saturated carbocycles. The zero-order valence-electron chi connectivity index (χ0n) is 14.5. The molecule has 6 heteroatoms. The molecule has 1 rings (SSSR count). The van der Waals surface area contributed by atoms with Gasteiger partial charge >= 0.3 is 11.9 Å². The Hall–Kier alpha value is -2.18. The van der Waals surface area contributed by atoms with Gasteiger partial charge in [0.2, 0.25) is 0 Å². The van der Waals surface area contributed by atoms with Crippen LogP contribution in [-0.4, -0.2) is 46.2 Å². The highest BCUT2D eigenvalue weighted by molar-refractivity contribution is 5.89. The summed E-state index contributed by atoms with van der Waals surface area (Å²) in [6, 6.07) is 6.92. The van der Waals surface area contributed by atoms with Gasteiger partial charge in [-0.25, -0.2) is 9.59 Å². The summed E-state index contributed by atoms with van der Waals surface area (Å²) >= 11 is 0. The maximum atomic E-state index is 12.0. The lowest BCUT2D eigenvalue weighted by molar-refractivity contribution is -0.148. The van der Waals surface area contributed by atoms with E-state index in [1.54, 1.807) is 31.2 Å². The van der Waals surface area contributed by atoms with Crippen LogP contribution < -0.4 is 0 Å². The highest BCUT2D eigenvalue weighted by atomic mass is 16.7. The molecular formula is C18H24O6. The molecule has 1 atom stereocenters. The lowest BCUT2D eigenvalue weighted by Gasteiger charge is -2.25. The maximum absolute atomic E-state index is 12.0. The van der Waals surface area contributed by atoms with E-state index in [1.807, 2.05) is 0 Å². The van der Waals surface area contributed by atoms with E-state index < -0.39 is 24.1 Å². The summed E-state index contributed by atoms with van der Waals surface area (Å²) in [5.74, 6) is -1.29. The zero-order valence-corrected chi connectivity index (χ0v) is 14.5. The first-order valence-electron chi connectivity index (χ1n) is 7.57. The predicted molar refractivity (Wildman–Crippen MR) is 88.6 cm³/mol. The SMILES string of the molecule is C=C(C(=O)OCC)[C@H](Cc1ccc(C(=O)OC)cc1)C(OC)OC. The molecule has 0 aliphatic heterocycles. The summed E-state index contributed by atoms with van der Waals surface area (Å²) in [6.45, 7) is 5.84. The topological polar surface area (TPSA) is 71.1 Å². The number of methoxy groups -OCH3 is 3. The molecule has 0 amide bonds. The van der Waals surface area contributed by atoms with Crippen LogP contribution in [0.15, 0.2) is 36.4 Å². The molecule has 0 fully saturated rings. The third-order valence-corrected chi connectivity index (χ3v) is 3.61. The number of carbonyl (C=O) groups is 2. The summed E-state index contributed by atoms with van der Waals surface area (Å²) in [4.78, 5) is 23.5. The number of hydrogen-bond donors (Lipinski definition) is 0. The minimum absolute atomic E-state index is 0.267. The van der Waals surface area contributed by atoms with Gasteiger partial charge in [-0.1, -0.05) is 18.7 Å². The van der Waals surface area contributed by atoms with E-state index in [2.05, 4.69) is 11.3 Å². The van der Waals surface area contributed by atoms with Crippen LogP contribution in [0.25, 0.3) is 0 Å². The number of rotatable bonds is 9. The van der Waals surface area contributed by atoms with Gasteiger partial charge in [0.15, 0.2) is 6.29 Å². The van der Waals surface area contributed by atoms with Crippen LogP contribution in [0.3, 0.4) is 0 Å². The van der Waals surface area contributed by atoms with Crippen molar-refractivity contribution in [2.75, 3.05) is 27.9 Å². The third kappa shape index (κ3) is 5.18. The van der Waals surface area contributed by atoms with Crippen LogP contribution in [0.5, 0.6) is 0 Å². The molecule has 0 aliphatic rings. The van der Waals surface area contributed by atoms with Gasteiger partial charge in [-0.3, -0.25) is 0 Å². The number of hydrogen-bond acceptors (Lipinski definition) is 6. The standard InChI is InChI=1S/C18H24O6/c1-6-24-16(19)12(2)15(18(22-4)23-5)11-13-7-9-14(10-8-13)17(20)21-3/h7-10,15,18H,2,6,11H2,1,3-5H3/t15-/m0/s1. The van der Waals surface area contributed by atoms with Crippen LogP contribution >= 0.6 is 0 Å². The van der Waals surface area contributed by atoms with Gasteiger partial charge in [-0.15, -0.1) is 0 Å². The average molecular weight is 336 g/mol. The molecule has 0 heterocycles. The second-order valence-electron chi connectivity index (χ2n) is 5.08. The molecule has 0 saturated heterocycles. The van der Waals surface area contributed by atoms with E-state index in [4.69, 9.17) is 14.2 Å². The Balaban J connectivity index is 2.97. The molecule has 24 heavy (non-hydrogen) atoms. The quantitative estimate of drug-likeness (QED) is 0.392. The molecule has 132 valence electrons. The summed E-state index contributed by atoms with van der Waals surface area (Å²) in [6.07, 6.45) is -0.187. The zero-order chi connectivity index (χ0) is 18.1. The highest BCUT2D eigenvalue weighted by Gasteiger charge is 2.29. The molecular weight excluding hydrogens is 312 g/mol. The van der Waals surface area contributed by atoms with Crippen LogP contribution in [0.1, 0.15) is 22.8 Å². The normalized spacial score (nSPS) is 11.9. The van der Waals surface area contributed by atoms with Gasteiger partial charge < -0.3 is 18.9 Å². The second kappa shape index (κ2) is 9.85. The fourth-order valence-corrected chi connectivity index (χ4v) is 2.33. The Labute approximate surface area is 142 Å². The van der Waals surface area contributed by atoms with Gasteiger partial charge in [-0.05, 0) is 31.0 Å². The molecule has 0 radical (unpaired) electrons. The summed E-state index contributed by atoms with van der Waals surface area (Å²) in [5.41, 5.74) is 1.64. The molecule has 0 aliphatic carbocycles. The Kier molecular flexibility index (Phi) is 8.15. The Morgan fingerprint density at radius 2 is 1.67 bits per heavy atom. The van der Waals surface area contributed by atoms with Crippen molar-refractivity contribution in [1.29, 1.82) is 0 Å². The molecule has 0 aromatic heterocycles. The van der Waals surface area contributed by atoms with Crippen molar-refractivity contribution in [1.82, 2.24) is 0 Å². The number of esters is 2. The van der Waals surface area contributed by atoms with Crippen molar-refractivity contribution in [3.8, 4) is 0 Å². The minimum Gasteiger partial charge on any atom is -0.465 e. The van der Waals surface area contributed by atoms with Gasteiger partial charge in [0.25, 0.3) is 0 Å². The van der Waals surface area contributed by atoms with Crippen molar-refractivity contribution in [3.63, 3.8) is 0 Å². The van der Waals surface area contributed by atoms with Crippen molar-refractivity contribution in [2.45, 2.75) is 19.6 Å². The maximum Gasteiger partial charge on any atom is 0.337 e. The highest BCUT2D eigenvalue weighted by Crippen LogP contribution is 2.24. The molecule has 0 N–H and O–H groups in total. The fraction of sp³-hybridized carbons (Fsp3) is 0.444. The van der Waals surface area contributed by atoms with Crippen molar-refractivity contribution < 1.29 is 28.5 Å². The third-order valence-electron chi connectivity index (χ3n) is 3.61. The van der Waals surface area contributed by atoms with E-state index in [9.17, 15) is 9.59 Å². The largest absolute Gasteiger partial charge is 0.465 e. The second-order valence-corrected chi connectivity index (χ2v) is 5.08. The van der Waals surface area contributed by atoms with Gasteiger partial charge in [0.1, 0.15) is 0 Å². The average Bonchev–Trinajstić information content (AvgIpc) is 2.61. The Bertz CT molecular complexity index is 559. The number of benzene rings is 1. The summed E-state index contributed by atoms with van der Waals surface area (Å²) in [7, 11) is 4.33. The molecule has 1 aromatic rings. The van der Waals surface area contributed by atoms with Crippen molar-refractivity contribution in [2.24, 2.45) is 5.92 Å². The molecule has 0 unspecified atom stereocenters. The van der Waals surface area contributed by atoms with Gasteiger partial charge in [0, 0.05) is 25.7 Å². The lowest BCUT2D eigenvalue weighted by atomic mass is 9.91. The monoisotopic (exact) mass is 336 g/mol. The van der Waals surface area contributed by atoms with Crippen LogP contribution in [0.4, 0.5) is 0 Å². The number of carbonyl (C=O) groups excluding carboxylic acids is 2. The number of ether oxygens (including phenoxy) is 4. The van der Waals surface area contributed by atoms with Crippen molar-refractivity contribution >= 4 is 11.9 Å². The van der Waals surface area contributed by atoms with E-state index in [1.165, 1.54) is 21.3 Å². The van der Waals surface area contributed by atoms with E-state index in [-0.39, 0.29) is 12.2 Å². The predicted octanol–water partition coefficient (Wildman–Crippen LogP) is 2.37. The van der Waals surface area contributed by atoms with Crippen LogP contribution in [0, 0.1) is 5.92 Å². The van der Waals surface area contributed by atoms with Crippen LogP contribution in [0.2, 0.25) is 0 Å².